The van der Waals surface area contributed by atoms with E-state index in [1.165, 1.54) is 10.1 Å². The van der Waals surface area contributed by atoms with Gasteiger partial charge in [-0.3, -0.25) is 0 Å². The van der Waals surface area contributed by atoms with Crippen LogP contribution in [0.15, 0.2) is 32.9 Å². The van der Waals surface area contributed by atoms with E-state index in [4.69, 9.17) is 0 Å². The first-order valence-corrected chi connectivity index (χ1v) is 5.25. The van der Waals surface area contributed by atoms with E-state index in [1.54, 1.807) is 11.3 Å². The fourth-order valence-electron chi connectivity index (χ4n) is 1.01. The topological polar surface area (TPSA) is 0 Å². The summed E-state index contributed by atoms with van der Waals surface area (Å²) in [6, 6.07) is 6.16. The summed E-state index contributed by atoms with van der Waals surface area (Å²) in [5.41, 5.74) is 0. The molecule has 0 fully saturated rings. The van der Waals surface area contributed by atoms with E-state index in [9.17, 15) is 0 Å². The lowest BCUT2D eigenvalue weighted by molar-refractivity contribution is 1.67. The maximum atomic E-state index is 4.34. The summed E-state index contributed by atoms with van der Waals surface area (Å²) in [4.78, 5) is 1.06. The van der Waals surface area contributed by atoms with Crippen LogP contribution in [0.2, 0.25) is 0 Å². The van der Waals surface area contributed by atoms with Gasteiger partial charge < -0.3 is 0 Å². The molecule has 0 bridgehead atoms. The predicted octanol–water partition coefficient (Wildman–Crippen LogP) is 3.95. The van der Waals surface area contributed by atoms with Gasteiger partial charge in [-0.05, 0) is 22.0 Å². The third-order valence-electron chi connectivity index (χ3n) is 1.53. The fourth-order valence-corrected chi connectivity index (χ4v) is 2.92. The predicted molar refractivity (Wildman–Crippen MR) is 56.8 cm³/mol. The first kappa shape index (κ1) is 7.65. The van der Waals surface area contributed by atoms with Crippen molar-refractivity contribution in [3.05, 3.63) is 28.1 Å². The highest BCUT2D eigenvalue weighted by molar-refractivity contribution is 9.10. The third kappa shape index (κ3) is 1.21. The Morgan fingerprint density at radius 1 is 1.36 bits per heavy atom. The van der Waals surface area contributed by atoms with E-state index in [-0.39, 0.29) is 0 Å². The molecule has 0 saturated heterocycles. The number of hydrogen-bond acceptors (Lipinski definition) is 2. The molecule has 0 aliphatic rings. The molecule has 0 aliphatic heterocycles. The van der Waals surface area contributed by atoms with Crippen molar-refractivity contribution in [2.24, 2.45) is 0 Å². The lowest BCUT2D eigenvalue weighted by Gasteiger charge is -1.91. The zero-order valence-corrected chi connectivity index (χ0v) is 8.84. The molecule has 0 aliphatic carbocycles. The SMILES string of the molecule is Sc1csc2c(Br)cccc12. The lowest BCUT2D eigenvalue weighted by atomic mass is 10.3. The number of hydrogen-bond donors (Lipinski definition) is 1. The van der Waals surface area contributed by atoms with Gasteiger partial charge in [0.25, 0.3) is 0 Å². The quantitative estimate of drug-likeness (QED) is 0.667. The first-order valence-electron chi connectivity index (χ1n) is 3.14. The molecule has 11 heavy (non-hydrogen) atoms. The van der Waals surface area contributed by atoms with Crippen molar-refractivity contribution in [2.45, 2.75) is 4.90 Å². The van der Waals surface area contributed by atoms with Crippen molar-refractivity contribution >= 4 is 50.0 Å². The molecule has 1 heterocycles. The Balaban J connectivity index is 2.94. The number of halogens is 1. The zero-order chi connectivity index (χ0) is 7.84. The van der Waals surface area contributed by atoms with Crippen LogP contribution in [0.3, 0.4) is 0 Å². The van der Waals surface area contributed by atoms with Gasteiger partial charge in [-0.25, -0.2) is 0 Å². The number of thiol groups is 1. The molecule has 0 saturated carbocycles. The molecule has 0 amide bonds. The van der Waals surface area contributed by atoms with Crippen LogP contribution in [0.4, 0.5) is 0 Å². The third-order valence-corrected chi connectivity index (χ3v) is 4.03. The van der Waals surface area contributed by atoms with Gasteiger partial charge >= 0.3 is 0 Å². The molecule has 0 spiro atoms. The smallest absolute Gasteiger partial charge is 0.0496 e. The van der Waals surface area contributed by atoms with Gasteiger partial charge in [0.2, 0.25) is 0 Å². The van der Waals surface area contributed by atoms with E-state index in [1.807, 2.05) is 12.1 Å². The minimum atomic E-state index is 1.06. The Labute approximate surface area is 82.8 Å². The molecule has 56 valence electrons. The van der Waals surface area contributed by atoms with Crippen LogP contribution < -0.4 is 0 Å². The normalized spacial score (nSPS) is 10.7. The summed E-state index contributed by atoms with van der Waals surface area (Å²) in [5.74, 6) is 0. The molecule has 0 atom stereocenters. The van der Waals surface area contributed by atoms with Crippen LogP contribution in [0.1, 0.15) is 0 Å². The maximum absolute atomic E-state index is 4.34. The van der Waals surface area contributed by atoms with Gasteiger partial charge in [0, 0.05) is 24.8 Å². The number of benzene rings is 1. The fraction of sp³-hybridized carbons (Fsp3) is 0. The summed E-state index contributed by atoms with van der Waals surface area (Å²) in [6.45, 7) is 0. The van der Waals surface area contributed by atoms with Crippen LogP contribution >= 0.6 is 39.9 Å². The molecule has 0 N–H and O–H groups in total. The van der Waals surface area contributed by atoms with Crippen molar-refractivity contribution in [2.75, 3.05) is 0 Å². The van der Waals surface area contributed by atoms with Crippen LogP contribution in [0.25, 0.3) is 10.1 Å². The minimum absolute atomic E-state index is 1.06. The van der Waals surface area contributed by atoms with Gasteiger partial charge in [-0.15, -0.1) is 24.0 Å². The molecular weight excluding hydrogens is 240 g/mol. The lowest BCUT2D eigenvalue weighted by Crippen LogP contribution is -1.64. The summed E-state index contributed by atoms with van der Waals surface area (Å²) in [5, 5.41) is 3.28. The van der Waals surface area contributed by atoms with Gasteiger partial charge in [0.1, 0.15) is 0 Å². The Bertz CT molecular complexity index is 392. The average Bonchev–Trinajstić information content (AvgIpc) is 2.35. The van der Waals surface area contributed by atoms with Crippen molar-refractivity contribution in [3.63, 3.8) is 0 Å². The monoisotopic (exact) mass is 244 g/mol. The standard InChI is InChI=1S/C8H5BrS2/c9-6-3-1-2-5-7(10)4-11-8(5)6/h1-4,10H. The molecular formula is C8H5BrS2. The van der Waals surface area contributed by atoms with E-state index < -0.39 is 0 Å². The van der Waals surface area contributed by atoms with E-state index in [2.05, 4.69) is 40.0 Å². The number of rotatable bonds is 0. The Kier molecular flexibility index (Phi) is 1.95. The van der Waals surface area contributed by atoms with Crippen LogP contribution in [-0.2, 0) is 0 Å². The molecule has 2 rings (SSSR count). The molecule has 3 heteroatoms. The second-order valence-electron chi connectivity index (χ2n) is 2.24. The van der Waals surface area contributed by atoms with Crippen LogP contribution in [0, 0.1) is 0 Å². The van der Waals surface area contributed by atoms with Crippen molar-refractivity contribution in [3.8, 4) is 0 Å². The second kappa shape index (κ2) is 2.81. The summed E-state index contributed by atoms with van der Waals surface area (Å²) in [6.07, 6.45) is 0. The van der Waals surface area contributed by atoms with Gasteiger partial charge in [0.15, 0.2) is 0 Å². The Morgan fingerprint density at radius 2 is 2.18 bits per heavy atom. The summed E-state index contributed by atoms with van der Waals surface area (Å²) >= 11 is 9.54. The molecule has 1 aromatic carbocycles. The maximum Gasteiger partial charge on any atom is 0.0496 e. The van der Waals surface area contributed by atoms with E-state index >= 15 is 0 Å². The van der Waals surface area contributed by atoms with Crippen molar-refractivity contribution < 1.29 is 0 Å². The second-order valence-corrected chi connectivity index (χ2v) is 4.45. The summed E-state index contributed by atoms with van der Waals surface area (Å²) < 4.78 is 2.43. The number of fused-ring (bicyclic) bond motifs is 1. The minimum Gasteiger partial charge on any atom is -0.142 e. The average molecular weight is 245 g/mol. The van der Waals surface area contributed by atoms with Crippen molar-refractivity contribution in [1.29, 1.82) is 0 Å². The zero-order valence-electron chi connectivity index (χ0n) is 5.54. The van der Waals surface area contributed by atoms with Gasteiger partial charge in [-0.2, -0.15) is 0 Å². The molecule has 1 aromatic heterocycles. The highest BCUT2D eigenvalue weighted by Gasteiger charge is 2.01. The highest BCUT2D eigenvalue weighted by atomic mass is 79.9. The first-order chi connectivity index (χ1) is 5.29. The molecule has 2 aromatic rings. The van der Waals surface area contributed by atoms with E-state index in [0.717, 1.165) is 9.37 Å². The molecule has 0 nitrogen and oxygen atoms in total. The van der Waals surface area contributed by atoms with Gasteiger partial charge in [0.05, 0.1) is 0 Å². The summed E-state index contributed by atoms with van der Waals surface area (Å²) in [7, 11) is 0. The Morgan fingerprint density at radius 3 is 2.91 bits per heavy atom. The van der Waals surface area contributed by atoms with Crippen LogP contribution in [-0.4, -0.2) is 0 Å². The highest BCUT2D eigenvalue weighted by Crippen LogP contribution is 2.33. The molecule has 0 unspecified atom stereocenters. The Hall–Kier alpha value is 0.01000. The van der Waals surface area contributed by atoms with Crippen molar-refractivity contribution in [1.82, 2.24) is 0 Å². The molecule has 0 radical (unpaired) electrons. The van der Waals surface area contributed by atoms with Gasteiger partial charge in [-0.1, -0.05) is 12.1 Å². The van der Waals surface area contributed by atoms with E-state index in [0.29, 0.717) is 0 Å². The van der Waals surface area contributed by atoms with Crippen LogP contribution in [0.5, 0.6) is 0 Å². The largest absolute Gasteiger partial charge is 0.142 e. The number of thiophene rings is 1.